The smallest absolute Gasteiger partial charge is 0.360 e. The van der Waals surface area contributed by atoms with Gasteiger partial charge >= 0.3 is 7.60 Å². The first-order chi connectivity index (χ1) is 8.42. The van der Waals surface area contributed by atoms with E-state index in [1.54, 1.807) is 13.8 Å². The molecule has 7 nitrogen and oxygen atoms in total. The zero-order valence-electron chi connectivity index (χ0n) is 9.94. The summed E-state index contributed by atoms with van der Waals surface area (Å²) in [6.45, 7) is 3.52. The molecule has 0 aliphatic rings. The Labute approximate surface area is 108 Å². The van der Waals surface area contributed by atoms with Gasteiger partial charge in [0.05, 0.1) is 21.8 Å². The second-order valence-corrected chi connectivity index (χ2v) is 6.05. The fraction of sp³-hybridized carbons (Fsp3) is 0.556. The lowest BCUT2D eigenvalue weighted by Crippen LogP contribution is -2.06. The van der Waals surface area contributed by atoms with E-state index >= 15 is 0 Å². The Hall–Kier alpha value is -0.790. The summed E-state index contributed by atoms with van der Waals surface area (Å²) < 4.78 is 21.9. The third kappa shape index (κ3) is 3.60. The van der Waals surface area contributed by atoms with E-state index in [1.807, 2.05) is 0 Å². The van der Waals surface area contributed by atoms with Gasteiger partial charge in [-0.05, 0) is 13.8 Å². The van der Waals surface area contributed by atoms with E-state index in [0.29, 0.717) is 4.88 Å². The predicted molar refractivity (Wildman–Crippen MR) is 66.8 cm³/mol. The highest BCUT2D eigenvalue weighted by Crippen LogP contribution is 2.58. The highest BCUT2D eigenvalue weighted by Gasteiger charge is 2.36. The molecular weight excluding hydrogens is 281 g/mol. The molecule has 1 rings (SSSR count). The van der Waals surface area contributed by atoms with Crippen LogP contribution in [0.1, 0.15) is 24.6 Å². The molecule has 1 N–H and O–H groups in total. The molecule has 1 heterocycles. The first kappa shape index (κ1) is 15.3. The molecule has 1 aromatic rings. The van der Waals surface area contributed by atoms with Crippen molar-refractivity contribution in [3.05, 3.63) is 26.4 Å². The van der Waals surface area contributed by atoms with Crippen LogP contribution in [0.5, 0.6) is 0 Å². The van der Waals surface area contributed by atoms with Crippen molar-refractivity contribution in [2.24, 2.45) is 0 Å². The molecule has 0 spiro atoms. The molecular formula is C9H14NO6PS. The van der Waals surface area contributed by atoms with Gasteiger partial charge in [-0.15, -0.1) is 11.3 Å². The third-order valence-electron chi connectivity index (χ3n) is 2.00. The van der Waals surface area contributed by atoms with Gasteiger partial charge in [-0.1, -0.05) is 0 Å². The Bertz CT molecular complexity index is 462. The van der Waals surface area contributed by atoms with Gasteiger partial charge in [-0.3, -0.25) is 14.7 Å². The second kappa shape index (κ2) is 6.40. The average molecular weight is 295 g/mol. The van der Waals surface area contributed by atoms with E-state index in [1.165, 1.54) is 11.4 Å². The van der Waals surface area contributed by atoms with Crippen molar-refractivity contribution in [3.8, 4) is 0 Å². The van der Waals surface area contributed by atoms with Gasteiger partial charge in [0, 0.05) is 12.7 Å². The number of nitrogens with zero attached hydrogens (tertiary/aromatic N) is 1. The molecule has 0 aromatic carbocycles. The van der Waals surface area contributed by atoms with E-state index in [4.69, 9.17) is 9.26 Å². The fourth-order valence-corrected chi connectivity index (χ4v) is 3.92. The van der Waals surface area contributed by atoms with Gasteiger partial charge in [0.25, 0.3) is 5.69 Å². The molecule has 2 unspecified atom stereocenters. The summed E-state index contributed by atoms with van der Waals surface area (Å²) in [7, 11) is -3.99. The van der Waals surface area contributed by atoms with E-state index in [2.05, 4.69) is 0 Å². The Kier molecular flexibility index (Phi) is 5.43. The van der Waals surface area contributed by atoms with E-state index < -0.39 is 18.4 Å². The number of thiophene rings is 1. The predicted octanol–water partition coefficient (Wildman–Crippen LogP) is 2.91. The molecule has 0 amide bonds. The molecule has 2 atom stereocenters. The highest BCUT2D eigenvalue weighted by atomic mass is 32.1. The Morgan fingerprint density at radius 1 is 1.56 bits per heavy atom. The summed E-state index contributed by atoms with van der Waals surface area (Å²) in [5.74, 6) is -1.18. The topological polar surface area (TPSA) is 98.9 Å². The highest BCUT2D eigenvalue weighted by molar-refractivity contribution is 7.53. The molecule has 0 bridgehead atoms. The number of nitro groups is 1. The summed E-state index contributed by atoms with van der Waals surface area (Å²) in [5.41, 5.74) is -0.129. The van der Waals surface area contributed by atoms with Crippen molar-refractivity contribution >= 4 is 24.6 Å². The normalized spacial score (nSPS) is 16.2. The minimum Gasteiger partial charge on any atom is -0.360 e. The third-order valence-corrected chi connectivity index (χ3v) is 4.78. The van der Waals surface area contributed by atoms with Crippen LogP contribution >= 0.6 is 18.9 Å². The maximum Gasteiger partial charge on any atom is 0.361 e. The summed E-state index contributed by atoms with van der Waals surface area (Å²) >= 11 is 1.000. The molecule has 18 heavy (non-hydrogen) atoms. The maximum absolute atomic E-state index is 11.9. The minimum atomic E-state index is -3.99. The quantitative estimate of drug-likeness (QED) is 0.471. The van der Waals surface area contributed by atoms with Crippen LogP contribution in [0, 0.1) is 10.1 Å². The fourth-order valence-electron chi connectivity index (χ4n) is 1.32. The van der Waals surface area contributed by atoms with Gasteiger partial charge in [-0.25, -0.2) is 0 Å². The molecule has 9 heteroatoms. The number of hydrogen-bond acceptors (Lipinski definition) is 6. The summed E-state index contributed by atoms with van der Waals surface area (Å²) in [4.78, 5) is 20.1. The first-order valence-corrected chi connectivity index (χ1v) is 7.76. The summed E-state index contributed by atoms with van der Waals surface area (Å²) in [6.07, 6.45) is 0. The van der Waals surface area contributed by atoms with Crippen LogP contribution in [0.25, 0.3) is 0 Å². The lowest BCUT2D eigenvalue weighted by Gasteiger charge is -2.20. The lowest BCUT2D eigenvalue weighted by atomic mass is 10.4. The van der Waals surface area contributed by atoms with Crippen molar-refractivity contribution in [2.75, 3.05) is 13.2 Å². The van der Waals surface area contributed by atoms with Crippen molar-refractivity contribution in [2.45, 2.75) is 19.7 Å². The largest absolute Gasteiger partial charge is 0.361 e. The summed E-state index contributed by atoms with van der Waals surface area (Å²) in [6, 6.07) is 1.23. The van der Waals surface area contributed by atoms with Crippen LogP contribution in [0.2, 0.25) is 0 Å². The molecule has 0 radical (unpaired) electrons. The average Bonchev–Trinajstić information content (AvgIpc) is 2.74. The molecule has 0 fully saturated rings. The van der Waals surface area contributed by atoms with Crippen LogP contribution in [0.3, 0.4) is 0 Å². The van der Waals surface area contributed by atoms with Crippen molar-refractivity contribution in [1.29, 1.82) is 0 Å². The van der Waals surface area contributed by atoms with Gasteiger partial charge in [0.15, 0.2) is 5.85 Å². The van der Waals surface area contributed by atoms with Gasteiger partial charge in [-0.2, -0.15) is 0 Å². The first-order valence-electron chi connectivity index (χ1n) is 5.23. The van der Waals surface area contributed by atoms with Crippen LogP contribution < -0.4 is 0 Å². The van der Waals surface area contributed by atoms with Crippen molar-refractivity contribution < 1.29 is 23.6 Å². The van der Waals surface area contributed by atoms with E-state index in [-0.39, 0.29) is 18.9 Å². The Balaban J connectivity index is 3.03. The summed E-state index contributed by atoms with van der Waals surface area (Å²) in [5, 5.41) is 11.9. The van der Waals surface area contributed by atoms with Crippen LogP contribution in [-0.2, 0) is 13.8 Å². The van der Waals surface area contributed by atoms with Crippen LogP contribution in [0.15, 0.2) is 11.4 Å². The van der Waals surface area contributed by atoms with E-state index in [0.717, 1.165) is 11.3 Å². The second-order valence-electron chi connectivity index (χ2n) is 3.25. The number of hydrogen-bond donors (Lipinski definition) is 1. The zero-order valence-corrected chi connectivity index (χ0v) is 11.6. The molecule has 0 saturated carbocycles. The maximum atomic E-state index is 11.9. The van der Waals surface area contributed by atoms with Gasteiger partial charge in [0.1, 0.15) is 0 Å². The van der Waals surface area contributed by atoms with Crippen molar-refractivity contribution in [1.82, 2.24) is 0 Å². The monoisotopic (exact) mass is 295 g/mol. The lowest BCUT2D eigenvalue weighted by molar-refractivity contribution is -0.384. The number of ether oxygens (including phenoxy) is 1. The van der Waals surface area contributed by atoms with Crippen molar-refractivity contribution in [3.63, 3.8) is 0 Å². The molecule has 102 valence electrons. The molecule has 0 aliphatic heterocycles. The zero-order chi connectivity index (χ0) is 13.8. The molecule has 0 saturated heterocycles. The minimum absolute atomic E-state index is 0.0603. The van der Waals surface area contributed by atoms with Gasteiger partial charge in [0.2, 0.25) is 0 Å². The number of rotatable bonds is 7. The Morgan fingerprint density at radius 3 is 2.67 bits per heavy atom. The molecule has 0 aliphatic carbocycles. The van der Waals surface area contributed by atoms with Gasteiger partial charge < -0.3 is 14.2 Å². The SMILES string of the molecule is CCOC(c1cc([N+](=O)[O-])cs1)P(=O)(O)OCC. The molecule has 1 aromatic heterocycles. The Morgan fingerprint density at radius 2 is 2.22 bits per heavy atom. The van der Waals surface area contributed by atoms with Crippen LogP contribution in [-0.4, -0.2) is 23.0 Å². The van der Waals surface area contributed by atoms with E-state index in [9.17, 15) is 19.6 Å². The van der Waals surface area contributed by atoms with Crippen LogP contribution in [0.4, 0.5) is 5.69 Å². The standard InChI is InChI=1S/C9H14NO6PS/c1-3-15-9(17(13,14)16-4-2)8-5-7(6-18-8)10(11)12/h5-6,9H,3-4H2,1-2H3,(H,13,14).